The van der Waals surface area contributed by atoms with Crippen LogP contribution in [-0.2, 0) is 14.4 Å². The van der Waals surface area contributed by atoms with Crippen molar-refractivity contribution >= 4 is 80.4 Å². The molecule has 214 valence electrons. The topological polar surface area (TPSA) is 154 Å². The van der Waals surface area contributed by atoms with E-state index in [1.165, 1.54) is 30.0 Å². The van der Waals surface area contributed by atoms with Crippen LogP contribution in [0.5, 0.6) is 0 Å². The minimum absolute atomic E-state index is 0.0681. The number of thioether (sulfide) groups is 1. The Morgan fingerprint density at radius 3 is 2.55 bits per heavy atom. The van der Waals surface area contributed by atoms with Gasteiger partial charge < -0.3 is 16.4 Å². The number of Topliss-reactive ketones (excluding diaryl/α,β-unsaturated/α-hetero) is 1. The molecule has 42 heavy (non-hydrogen) atoms. The Balaban J connectivity index is 1.37. The molecule has 0 radical (unpaired) electrons. The number of hydrogen-bond donors (Lipinski definition) is 3. The number of nitriles is 1. The van der Waals surface area contributed by atoms with Gasteiger partial charge in [-0.05, 0) is 48.7 Å². The van der Waals surface area contributed by atoms with Crippen molar-refractivity contribution in [1.29, 1.82) is 5.26 Å². The fourth-order valence-corrected chi connectivity index (χ4v) is 6.97. The van der Waals surface area contributed by atoms with Crippen molar-refractivity contribution in [2.75, 3.05) is 21.3 Å². The third-order valence-corrected chi connectivity index (χ3v) is 9.48. The Kier molecular flexibility index (Phi) is 8.84. The lowest BCUT2D eigenvalue weighted by Crippen LogP contribution is -2.38. The van der Waals surface area contributed by atoms with Gasteiger partial charge in [0, 0.05) is 36.0 Å². The van der Waals surface area contributed by atoms with Crippen LogP contribution in [-0.4, -0.2) is 33.5 Å². The lowest BCUT2D eigenvalue weighted by molar-refractivity contribution is -0.116. The fraction of sp³-hybridized carbons (Fsp3) is 0.214. The van der Waals surface area contributed by atoms with Gasteiger partial charge in [0.15, 0.2) is 10.1 Å². The first-order valence-corrected chi connectivity index (χ1v) is 15.3. The number of carbonyl (C=O) groups is 3. The molecule has 4 N–H and O–H groups in total. The van der Waals surface area contributed by atoms with Crippen LogP contribution in [0, 0.1) is 11.3 Å². The van der Waals surface area contributed by atoms with E-state index < -0.39 is 5.92 Å². The Bertz CT molecular complexity index is 1700. The lowest BCUT2D eigenvalue weighted by atomic mass is 9.76. The molecule has 2 amide bonds. The third kappa shape index (κ3) is 6.00. The Labute approximate surface area is 259 Å². The number of anilines is 3. The van der Waals surface area contributed by atoms with E-state index in [9.17, 15) is 19.6 Å². The van der Waals surface area contributed by atoms with Gasteiger partial charge in [0.2, 0.25) is 16.9 Å². The highest BCUT2D eigenvalue weighted by atomic mass is 35.5. The summed E-state index contributed by atoms with van der Waals surface area (Å²) in [6.07, 6.45) is 1.49. The standard InChI is InChI=1S/C28H23Cl2N7O3S2/c1-14(38)33-15-8-10-16(11-9-15)34-22(40)13-41-28-36-35-27(42-28)37-20-6-3-7-21(39)24(20)23(18(12-31)26(37)32)17-4-2-5-19(29)25(17)30/h2,4-5,8-11,23H,3,6-7,13,32H2,1H3,(H,33,38)(H,34,40). The summed E-state index contributed by atoms with van der Waals surface area (Å²) in [6.45, 7) is 1.42. The molecule has 14 heteroatoms. The highest BCUT2D eigenvalue weighted by Crippen LogP contribution is 2.49. The smallest absolute Gasteiger partial charge is 0.234 e. The molecule has 1 aliphatic carbocycles. The Morgan fingerprint density at radius 2 is 1.86 bits per heavy atom. The first kappa shape index (κ1) is 29.6. The number of nitrogens with zero attached hydrogens (tertiary/aromatic N) is 4. The van der Waals surface area contributed by atoms with Gasteiger partial charge in [0.05, 0.1) is 33.4 Å². The molecule has 10 nitrogen and oxygen atoms in total. The molecule has 0 spiro atoms. The summed E-state index contributed by atoms with van der Waals surface area (Å²) in [6, 6.07) is 14.1. The Hall–Kier alpha value is -3.89. The van der Waals surface area contributed by atoms with E-state index in [4.69, 9.17) is 28.9 Å². The van der Waals surface area contributed by atoms with Crippen LogP contribution >= 0.6 is 46.3 Å². The zero-order valence-electron chi connectivity index (χ0n) is 22.1. The maximum absolute atomic E-state index is 13.3. The molecule has 1 unspecified atom stereocenters. The van der Waals surface area contributed by atoms with E-state index in [1.54, 1.807) is 47.4 Å². The average molecular weight is 641 g/mol. The van der Waals surface area contributed by atoms with E-state index in [1.807, 2.05) is 0 Å². The molecule has 0 fully saturated rings. The van der Waals surface area contributed by atoms with Crippen LogP contribution in [0.15, 0.2) is 69.5 Å². The first-order chi connectivity index (χ1) is 20.2. The summed E-state index contributed by atoms with van der Waals surface area (Å²) in [4.78, 5) is 38.7. The van der Waals surface area contributed by atoms with Crippen molar-refractivity contribution in [2.45, 2.75) is 36.4 Å². The summed E-state index contributed by atoms with van der Waals surface area (Å²) < 4.78 is 0.511. The number of halogens is 2. The van der Waals surface area contributed by atoms with Crippen LogP contribution < -0.4 is 21.3 Å². The third-order valence-electron chi connectivity index (χ3n) is 6.61. The summed E-state index contributed by atoms with van der Waals surface area (Å²) in [5, 5.41) is 25.1. The second kappa shape index (κ2) is 12.5. The molecule has 1 aliphatic heterocycles. The molecular formula is C28H23Cl2N7O3S2. The van der Waals surface area contributed by atoms with Gasteiger partial charge in [-0.15, -0.1) is 10.2 Å². The number of hydrogen-bond acceptors (Lipinski definition) is 10. The normalized spacial score (nSPS) is 16.7. The summed E-state index contributed by atoms with van der Waals surface area (Å²) >= 11 is 15.2. The fourth-order valence-electron chi connectivity index (χ4n) is 4.88. The molecular weight excluding hydrogens is 617 g/mol. The van der Waals surface area contributed by atoms with E-state index in [-0.39, 0.29) is 39.8 Å². The number of allylic oxidation sites excluding steroid dienone is 3. The van der Waals surface area contributed by atoms with Crippen LogP contribution in [0.3, 0.4) is 0 Å². The largest absolute Gasteiger partial charge is 0.384 e. The maximum atomic E-state index is 13.3. The Morgan fingerprint density at radius 1 is 1.14 bits per heavy atom. The zero-order chi connectivity index (χ0) is 30.0. The van der Waals surface area contributed by atoms with Gasteiger partial charge in [0.1, 0.15) is 5.82 Å². The van der Waals surface area contributed by atoms with Gasteiger partial charge in [-0.3, -0.25) is 19.3 Å². The second-order valence-electron chi connectivity index (χ2n) is 9.41. The van der Waals surface area contributed by atoms with Gasteiger partial charge in [-0.25, -0.2) is 0 Å². The maximum Gasteiger partial charge on any atom is 0.234 e. The molecule has 1 atom stereocenters. The number of benzene rings is 2. The van der Waals surface area contributed by atoms with Crippen LogP contribution in [0.4, 0.5) is 16.5 Å². The summed E-state index contributed by atoms with van der Waals surface area (Å²) in [7, 11) is 0. The number of aromatic nitrogens is 2. The molecule has 5 rings (SSSR count). The van der Waals surface area contributed by atoms with Gasteiger partial charge >= 0.3 is 0 Å². The van der Waals surface area contributed by atoms with Crippen molar-refractivity contribution in [3.05, 3.63) is 80.7 Å². The number of rotatable bonds is 7. The molecule has 1 aromatic heterocycles. The van der Waals surface area contributed by atoms with E-state index in [0.717, 1.165) is 0 Å². The summed E-state index contributed by atoms with van der Waals surface area (Å²) in [5.74, 6) is -1.07. The van der Waals surface area contributed by atoms with Crippen molar-refractivity contribution in [3.8, 4) is 6.07 Å². The lowest BCUT2D eigenvalue weighted by Gasteiger charge is -2.38. The highest BCUT2D eigenvalue weighted by molar-refractivity contribution is 8.01. The van der Waals surface area contributed by atoms with E-state index in [2.05, 4.69) is 26.9 Å². The minimum atomic E-state index is -0.752. The molecule has 0 saturated carbocycles. The van der Waals surface area contributed by atoms with Crippen molar-refractivity contribution in [2.24, 2.45) is 5.73 Å². The number of amides is 2. The van der Waals surface area contributed by atoms with Crippen molar-refractivity contribution < 1.29 is 14.4 Å². The van der Waals surface area contributed by atoms with Gasteiger partial charge in [-0.2, -0.15) is 5.26 Å². The molecule has 2 heterocycles. The number of carbonyl (C=O) groups excluding carboxylic acids is 3. The summed E-state index contributed by atoms with van der Waals surface area (Å²) in [5.41, 5.74) is 9.61. The average Bonchev–Trinajstić information content (AvgIpc) is 3.42. The predicted octanol–water partition coefficient (Wildman–Crippen LogP) is 5.84. The quantitative estimate of drug-likeness (QED) is 0.270. The van der Waals surface area contributed by atoms with E-state index >= 15 is 0 Å². The van der Waals surface area contributed by atoms with Crippen molar-refractivity contribution in [3.63, 3.8) is 0 Å². The second-order valence-corrected chi connectivity index (χ2v) is 12.4. The number of nitrogens with one attached hydrogen (secondary N) is 2. The molecule has 0 saturated heterocycles. The molecule has 3 aromatic rings. The van der Waals surface area contributed by atoms with Gasteiger partial charge in [0.25, 0.3) is 0 Å². The first-order valence-electron chi connectivity index (χ1n) is 12.7. The monoisotopic (exact) mass is 639 g/mol. The predicted molar refractivity (Wildman–Crippen MR) is 164 cm³/mol. The number of nitrogens with two attached hydrogens (primary N) is 1. The van der Waals surface area contributed by atoms with Crippen LogP contribution in [0.2, 0.25) is 10.0 Å². The molecule has 2 aliphatic rings. The molecule has 0 bridgehead atoms. The van der Waals surface area contributed by atoms with Crippen LogP contribution in [0.25, 0.3) is 0 Å². The highest BCUT2D eigenvalue weighted by Gasteiger charge is 2.42. The minimum Gasteiger partial charge on any atom is -0.384 e. The van der Waals surface area contributed by atoms with Crippen LogP contribution in [0.1, 0.15) is 37.7 Å². The SMILES string of the molecule is CC(=O)Nc1ccc(NC(=O)CSc2nnc(N3C(N)=C(C#N)C(c4cccc(Cl)c4Cl)C4=C3CCCC4=O)s2)cc1. The number of ketones is 1. The molecule has 2 aromatic carbocycles. The van der Waals surface area contributed by atoms with E-state index in [0.29, 0.717) is 62.0 Å². The van der Waals surface area contributed by atoms with Gasteiger partial charge in [-0.1, -0.05) is 58.4 Å². The zero-order valence-corrected chi connectivity index (χ0v) is 25.3. The van der Waals surface area contributed by atoms with Crippen molar-refractivity contribution in [1.82, 2.24) is 10.2 Å².